The summed E-state index contributed by atoms with van der Waals surface area (Å²) in [6.07, 6.45) is 5.91. The number of rotatable bonds is 5. The summed E-state index contributed by atoms with van der Waals surface area (Å²) in [4.78, 5) is 14.7. The van der Waals surface area contributed by atoms with Crippen LogP contribution in [0.1, 0.15) is 50.6 Å². The highest BCUT2D eigenvalue weighted by atomic mass is 19.1. The number of carbonyl (C=O) groups is 1. The quantitative estimate of drug-likeness (QED) is 0.901. The highest BCUT2D eigenvalue weighted by Crippen LogP contribution is 2.35. The van der Waals surface area contributed by atoms with Crippen LogP contribution in [0.15, 0.2) is 24.3 Å². The molecule has 1 amide bonds. The zero-order chi connectivity index (χ0) is 16.2. The Kier molecular flexibility index (Phi) is 5.31. The molecule has 23 heavy (non-hydrogen) atoms. The molecule has 2 aliphatic rings. The first kappa shape index (κ1) is 16.4. The summed E-state index contributed by atoms with van der Waals surface area (Å²) < 4.78 is 13.2. The highest BCUT2D eigenvalue weighted by Gasteiger charge is 2.29. The van der Waals surface area contributed by atoms with Crippen LogP contribution in [0.25, 0.3) is 0 Å². The van der Waals surface area contributed by atoms with E-state index in [9.17, 15) is 9.18 Å². The minimum atomic E-state index is -0.226. The van der Waals surface area contributed by atoms with Crippen LogP contribution in [0, 0.1) is 17.7 Å². The smallest absolute Gasteiger partial charge is 0.234 e. The van der Waals surface area contributed by atoms with Gasteiger partial charge in [0.15, 0.2) is 0 Å². The maximum absolute atomic E-state index is 13.2. The van der Waals surface area contributed by atoms with Gasteiger partial charge in [-0.25, -0.2) is 4.39 Å². The Morgan fingerprint density at radius 2 is 1.96 bits per heavy atom. The number of nitrogens with one attached hydrogen (secondary N) is 1. The summed E-state index contributed by atoms with van der Waals surface area (Å²) >= 11 is 0. The van der Waals surface area contributed by atoms with Gasteiger partial charge in [-0.1, -0.05) is 31.9 Å². The molecule has 1 aliphatic heterocycles. The molecule has 0 aromatic heterocycles. The van der Waals surface area contributed by atoms with Gasteiger partial charge in [0.25, 0.3) is 0 Å². The average Bonchev–Trinajstić information content (AvgIpc) is 3.18. The van der Waals surface area contributed by atoms with Crippen LogP contribution in [0.2, 0.25) is 0 Å². The standard InChI is InChI=1S/C19H27FN2O/c1-14-10-11-22(12-14)13-18(23)21-19(15-4-2-3-5-15)16-6-8-17(20)9-7-16/h6-9,14-15,19H,2-5,10-13H2,1H3,(H,21,23). The first-order chi connectivity index (χ1) is 11.1. The Hall–Kier alpha value is -1.42. The summed E-state index contributed by atoms with van der Waals surface area (Å²) in [6, 6.07) is 6.63. The molecule has 1 aromatic carbocycles. The van der Waals surface area contributed by atoms with Gasteiger partial charge in [0.2, 0.25) is 5.91 Å². The van der Waals surface area contributed by atoms with Crippen molar-refractivity contribution in [2.45, 2.75) is 45.1 Å². The van der Waals surface area contributed by atoms with E-state index in [4.69, 9.17) is 0 Å². The zero-order valence-corrected chi connectivity index (χ0v) is 13.9. The molecule has 1 N–H and O–H groups in total. The second-order valence-electron chi connectivity index (χ2n) is 7.27. The predicted molar refractivity (Wildman–Crippen MR) is 89.5 cm³/mol. The molecular weight excluding hydrogens is 291 g/mol. The second kappa shape index (κ2) is 7.43. The van der Waals surface area contributed by atoms with E-state index in [2.05, 4.69) is 17.1 Å². The lowest BCUT2D eigenvalue weighted by Crippen LogP contribution is -2.40. The number of likely N-dealkylation sites (tertiary alicyclic amines) is 1. The van der Waals surface area contributed by atoms with Crippen LogP contribution in [0.3, 0.4) is 0 Å². The van der Waals surface area contributed by atoms with E-state index < -0.39 is 0 Å². The predicted octanol–water partition coefficient (Wildman–Crippen LogP) is 3.52. The zero-order valence-electron chi connectivity index (χ0n) is 13.9. The summed E-state index contributed by atoms with van der Waals surface area (Å²) in [5.41, 5.74) is 1.03. The molecule has 1 saturated heterocycles. The number of halogens is 1. The monoisotopic (exact) mass is 318 g/mol. The average molecular weight is 318 g/mol. The lowest BCUT2D eigenvalue weighted by atomic mass is 9.91. The van der Waals surface area contributed by atoms with Gasteiger partial charge in [0.1, 0.15) is 5.82 Å². The van der Waals surface area contributed by atoms with E-state index in [1.54, 1.807) is 0 Å². The minimum absolute atomic E-state index is 0.0191. The molecule has 0 spiro atoms. The number of benzene rings is 1. The summed E-state index contributed by atoms with van der Waals surface area (Å²) in [6.45, 7) is 4.74. The van der Waals surface area contributed by atoms with E-state index in [1.165, 1.54) is 31.4 Å². The first-order valence-corrected chi connectivity index (χ1v) is 8.89. The number of carbonyl (C=O) groups excluding carboxylic acids is 1. The van der Waals surface area contributed by atoms with Crippen molar-refractivity contribution in [2.24, 2.45) is 11.8 Å². The SMILES string of the molecule is CC1CCN(CC(=O)NC(c2ccc(F)cc2)C2CCCC2)C1. The number of amides is 1. The van der Waals surface area contributed by atoms with Crippen molar-refractivity contribution < 1.29 is 9.18 Å². The van der Waals surface area contributed by atoms with Gasteiger partial charge in [0.05, 0.1) is 12.6 Å². The summed E-state index contributed by atoms with van der Waals surface area (Å²) in [7, 11) is 0. The fourth-order valence-electron chi connectivity index (χ4n) is 4.03. The van der Waals surface area contributed by atoms with Crippen molar-refractivity contribution >= 4 is 5.91 Å². The maximum Gasteiger partial charge on any atom is 0.234 e. The summed E-state index contributed by atoms with van der Waals surface area (Å²) in [5, 5.41) is 3.23. The minimum Gasteiger partial charge on any atom is -0.348 e. The van der Waals surface area contributed by atoms with Crippen molar-refractivity contribution in [3.05, 3.63) is 35.6 Å². The highest BCUT2D eigenvalue weighted by molar-refractivity contribution is 5.78. The van der Waals surface area contributed by atoms with E-state index >= 15 is 0 Å². The van der Waals surface area contributed by atoms with Crippen molar-refractivity contribution in [2.75, 3.05) is 19.6 Å². The Morgan fingerprint density at radius 1 is 1.26 bits per heavy atom. The Balaban J connectivity index is 1.65. The number of hydrogen-bond donors (Lipinski definition) is 1. The van der Waals surface area contributed by atoms with Crippen molar-refractivity contribution in [3.63, 3.8) is 0 Å². The van der Waals surface area contributed by atoms with Gasteiger partial charge in [-0.05, 0) is 55.3 Å². The molecule has 3 rings (SSSR count). The van der Waals surface area contributed by atoms with Crippen molar-refractivity contribution in [1.29, 1.82) is 0 Å². The Labute approximate surface area is 138 Å². The molecule has 2 atom stereocenters. The molecule has 3 nitrogen and oxygen atoms in total. The lowest BCUT2D eigenvalue weighted by molar-refractivity contribution is -0.123. The van der Waals surface area contributed by atoms with Crippen LogP contribution in [-0.2, 0) is 4.79 Å². The van der Waals surface area contributed by atoms with Gasteiger partial charge in [0, 0.05) is 6.54 Å². The number of nitrogens with zero attached hydrogens (tertiary/aromatic N) is 1. The third-order valence-electron chi connectivity index (χ3n) is 5.29. The Morgan fingerprint density at radius 3 is 2.57 bits per heavy atom. The Bertz CT molecular complexity index is 525. The van der Waals surface area contributed by atoms with E-state index in [-0.39, 0.29) is 17.8 Å². The van der Waals surface area contributed by atoms with Crippen LogP contribution in [-0.4, -0.2) is 30.4 Å². The van der Waals surface area contributed by atoms with E-state index in [0.29, 0.717) is 18.4 Å². The van der Waals surface area contributed by atoms with Gasteiger partial charge in [-0.3, -0.25) is 9.69 Å². The van der Waals surface area contributed by atoms with Crippen LogP contribution in [0.4, 0.5) is 4.39 Å². The van der Waals surface area contributed by atoms with E-state index in [1.807, 2.05) is 12.1 Å². The van der Waals surface area contributed by atoms with Crippen LogP contribution < -0.4 is 5.32 Å². The molecule has 126 valence electrons. The molecule has 0 radical (unpaired) electrons. The molecular formula is C19H27FN2O. The fraction of sp³-hybridized carbons (Fsp3) is 0.632. The molecule has 1 saturated carbocycles. The van der Waals surface area contributed by atoms with Crippen LogP contribution >= 0.6 is 0 Å². The fourth-order valence-corrected chi connectivity index (χ4v) is 4.03. The van der Waals surface area contributed by atoms with Crippen molar-refractivity contribution in [1.82, 2.24) is 10.2 Å². The molecule has 0 bridgehead atoms. The van der Waals surface area contributed by atoms with Gasteiger partial charge in [-0.2, -0.15) is 0 Å². The van der Waals surface area contributed by atoms with Gasteiger partial charge >= 0.3 is 0 Å². The topological polar surface area (TPSA) is 32.3 Å². The largest absolute Gasteiger partial charge is 0.348 e. The first-order valence-electron chi connectivity index (χ1n) is 8.89. The molecule has 2 unspecified atom stereocenters. The maximum atomic E-state index is 13.2. The molecule has 2 fully saturated rings. The second-order valence-corrected chi connectivity index (χ2v) is 7.27. The molecule has 4 heteroatoms. The molecule has 1 heterocycles. The normalized spacial score (nSPS) is 24.0. The lowest BCUT2D eigenvalue weighted by Gasteiger charge is -2.26. The van der Waals surface area contributed by atoms with Gasteiger partial charge < -0.3 is 5.32 Å². The summed E-state index contributed by atoms with van der Waals surface area (Å²) in [5.74, 6) is 1.03. The van der Waals surface area contributed by atoms with Gasteiger partial charge in [-0.15, -0.1) is 0 Å². The van der Waals surface area contributed by atoms with Crippen molar-refractivity contribution in [3.8, 4) is 0 Å². The third-order valence-corrected chi connectivity index (χ3v) is 5.29. The van der Waals surface area contributed by atoms with Crippen LogP contribution in [0.5, 0.6) is 0 Å². The molecule has 1 aromatic rings. The number of hydrogen-bond acceptors (Lipinski definition) is 2. The third kappa shape index (κ3) is 4.31. The van der Waals surface area contributed by atoms with E-state index in [0.717, 1.165) is 31.5 Å². The molecule has 1 aliphatic carbocycles.